The third-order valence-electron chi connectivity index (χ3n) is 3.31. The summed E-state index contributed by atoms with van der Waals surface area (Å²) in [7, 11) is 1.50. The molecule has 0 bridgehead atoms. The number of amides is 1. The number of ether oxygens (including phenoxy) is 2. The van der Waals surface area contributed by atoms with Gasteiger partial charge in [0.05, 0.1) is 7.11 Å². The Morgan fingerprint density at radius 3 is 2.57 bits per heavy atom. The highest BCUT2D eigenvalue weighted by Gasteiger charge is 2.17. The zero-order valence-corrected chi connectivity index (χ0v) is 13.1. The Bertz CT molecular complexity index is 670. The quantitative estimate of drug-likeness (QED) is 0.798. The molecule has 0 aliphatic carbocycles. The van der Waals surface area contributed by atoms with Crippen molar-refractivity contribution < 1.29 is 19.1 Å². The van der Waals surface area contributed by atoms with E-state index in [9.17, 15) is 9.59 Å². The average molecular weight is 313 g/mol. The van der Waals surface area contributed by atoms with Crippen molar-refractivity contribution in [3.8, 4) is 11.5 Å². The second-order valence-electron chi connectivity index (χ2n) is 4.99. The van der Waals surface area contributed by atoms with Gasteiger partial charge in [0.25, 0.3) is 5.91 Å². The molecule has 5 heteroatoms. The van der Waals surface area contributed by atoms with Crippen LogP contribution in [0.25, 0.3) is 0 Å². The molecular formula is C18H19NO4. The third kappa shape index (κ3) is 4.57. The van der Waals surface area contributed by atoms with E-state index in [4.69, 9.17) is 9.47 Å². The van der Waals surface area contributed by atoms with Crippen LogP contribution in [-0.2, 0) is 11.3 Å². The summed E-state index contributed by atoms with van der Waals surface area (Å²) < 4.78 is 10.8. The number of carbonyl (C=O) groups excluding carboxylic acids is 2. The van der Waals surface area contributed by atoms with Crippen LogP contribution in [0.2, 0.25) is 0 Å². The number of hydrogen-bond acceptors (Lipinski definition) is 4. The maximum Gasteiger partial charge on any atom is 0.261 e. The van der Waals surface area contributed by atoms with Crippen LogP contribution in [0.3, 0.4) is 0 Å². The Balaban J connectivity index is 1.99. The third-order valence-corrected chi connectivity index (χ3v) is 3.31. The van der Waals surface area contributed by atoms with Crippen LogP contribution in [0.5, 0.6) is 11.5 Å². The van der Waals surface area contributed by atoms with Crippen molar-refractivity contribution in [1.29, 1.82) is 0 Å². The van der Waals surface area contributed by atoms with E-state index in [1.165, 1.54) is 7.11 Å². The molecule has 1 amide bonds. The number of benzene rings is 2. The van der Waals surface area contributed by atoms with Crippen molar-refractivity contribution in [2.24, 2.45) is 0 Å². The van der Waals surface area contributed by atoms with E-state index < -0.39 is 6.10 Å². The van der Waals surface area contributed by atoms with Gasteiger partial charge in [-0.05, 0) is 30.7 Å². The molecule has 0 aromatic heterocycles. The molecule has 2 aromatic rings. The molecule has 0 radical (unpaired) electrons. The zero-order chi connectivity index (χ0) is 16.7. The molecule has 2 rings (SSSR count). The van der Waals surface area contributed by atoms with Crippen LogP contribution in [-0.4, -0.2) is 25.4 Å². The summed E-state index contributed by atoms with van der Waals surface area (Å²) in [5, 5.41) is 2.81. The molecule has 0 fully saturated rings. The highest BCUT2D eigenvalue weighted by molar-refractivity contribution is 5.81. The van der Waals surface area contributed by atoms with Gasteiger partial charge in [-0.25, -0.2) is 0 Å². The van der Waals surface area contributed by atoms with Gasteiger partial charge in [0, 0.05) is 12.1 Å². The summed E-state index contributed by atoms with van der Waals surface area (Å²) >= 11 is 0. The fourth-order valence-electron chi connectivity index (χ4n) is 2.03. The molecule has 0 heterocycles. The van der Waals surface area contributed by atoms with E-state index in [0.29, 0.717) is 29.9 Å². The molecule has 0 aliphatic heterocycles. The highest BCUT2D eigenvalue weighted by Crippen LogP contribution is 2.28. The molecule has 1 atom stereocenters. The Morgan fingerprint density at radius 2 is 1.91 bits per heavy atom. The smallest absolute Gasteiger partial charge is 0.261 e. The summed E-state index contributed by atoms with van der Waals surface area (Å²) in [4.78, 5) is 23.0. The summed E-state index contributed by atoms with van der Waals surface area (Å²) in [6.45, 7) is 2.08. The minimum absolute atomic E-state index is 0.243. The van der Waals surface area contributed by atoms with E-state index in [1.807, 2.05) is 30.3 Å². The van der Waals surface area contributed by atoms with Gasteiger partial charge in [-0.15, -0.1) is 0 Å². The first-order valence-electron chi connectivity index (χ1n) is 7.25. The average Bonchev–Trinajstić information content (AvgIpc) is 2.60. The lowest BCUT2D eigenvalue weighted by molar-refractivity contribution is -0.127. The molecule has 0 saturated heterocycles. The van der Waals surface area contributed by atoms with Gasteiger partial charge in [0.15, 0.2) is 17.6 Å². The molecule has 0 saturated carbocycles. The van der Waals surface area contributed by atoms with Gasteiger partial charge in [0.2, 0.25) is 0 Å². The van der Waals surface area contributed by atoms with Gasteiger partial charge in [-0.2, -0.15) is 0 Å². The lowest BCUT2D eigenvalue weighted by Gasteiger charge is -2.17. The zero-order valence-electron chi connectivity index (χ0n) is 13.1. The van der Waals surface area contributed by atoms with Crippen molar-refractivity contribution in [1.82, 2.24) is 5.32 Å². The summed E-state index contributed by atoms with van der Waals surface area (Å²) in [5.74, 6) is 0.588. The van der Waals surface area contributed by atoms with Crippen LogP contribution in [0, 0.1) is 0 Å². The highest BCUT2D eigenvalue weighted by atomic mass is 16.5. The van der Waals surface area contributed by atoms with Crippen molar-refractivity contribution in [3.63, 3.8) is 0 Å². The van der Waals surface area contributed by atoms with E-state index in [0.717, 1.165) is 5.56 Å². The first kappa shape index (κ1) is 16.5. The number of hydrogen-bond donors (Lipinski definition) is 1. The Kier molecular flexibility index (Phi) is 5.74. The van der Waals surface area contributed by atoms with Crippen LogP contribution in [0.15, 0.2) is 48.5 Å². The first-order chi connectivity index (χ1) is 11.1. The summed E-state index contributed by atoms with van der Waals surface area (Å²) in [6.07, 6.45) is 0.00131. The van der Waals surface area contributed by atoms with E-state index in [2.05, 4.69) is 5.32 Å². The van der Waals surface area contributed by atoms with Crippen LogP contribution in [0.1, 0.15) is 22.8 Å². The van der Waals surface area contributed by atoms with Gasteiger partial charge in [-0.3, -0.25) is 9.59 Å². The Hall–Kier alpha value is -2.82. The van der Waals surface area contributed by atoms with Crippen LogP contribution >= 0.6 is 0 Å². The Morgan fingerprint density at radius 1 is 1.17 bits per heavy atom. The van der Waals surface area contributed by atoms with Crippen molar-refractivity contribution in [2.75, 3.05) is 7.11 Å². The fraction of sp³-hybridized carbons (Fsp3) is 0.222. The first-order valence-corrected chi connectivity index (χ1v) is 7.25. The number of aldehydes is 1. The van der Waals surface area contributed by atoms with E-state index >= 15 is 0 Å². The summed E-state index contributed by atoms with van der Waals surface area (Å²) in [5.41, 5.74) is 1.46. The SMILES string of the molecule is COc1ccc(C=O)cc1O[C@H](C)C(=O)NCc1ccccc1. The lowest BCUT2D eigenvalue weighted by atomic mass is 10.2. The Labute approximate surface area is 135 Å². The predicted octanol–water partition coefficient (Wildman–Crippen LogP) is 2.59. The van der Waals surface area contributed by atoms with Crippen LogP contribution < -0.4 is 14.8 Å². The minimum Gasteiger partial charge on any atom is -0.493 e. The molecular weight excluding hydrogens is 294 g/mol. The number of carbonyl (C=O) groups is 2. The summed E-state index contributed by atoms with van der Waals surface area (Å²) in [6, 6.07) is 14.4. The van der Waals surface area contributed by atoms with Crippen molar-refractivity contribution in [3.05, 3.63) is 59.7 Å². The molecule has 0 aliphatic rings. The minimum atomic E-state index is -0.713. The van der Waals surface area contributed by atoms with Crippen molar-refractivity contribution >= 4 is 12.2 Å². The second-order valence-corrected chi connectivity index (χ2v) is 4.99. The van der Waals surface area contributed by atoms with Crippen molar-refractivity contribution in [2.45, 2.75) is 19.6 Å². The molecule has 1 N–H and O–H groups in total. The monoisotopic (exact) mass is 313 g/mol. The second kappa shape index (κ2) is 7.98. The number of rotatable bonds is 7. The maximum atomic E-state index is 12.1. The van der Waals surface area contributed by atoms with Gasteiger partial charge >= 0.3 is 0 Å². The molecule has 0 spiro atoms. The van der Waals surface area contributed by atoms with E-state index in [1.54, 1.807) is 25.1 Å². The maximum absolute atomic E-state index is 12.1. The molecule has 2 aromatic carbocycles. The molecule has 120 valence electrons. The predicted molar refractivity (Wildman–Crippen MR) is 86.8 cm³/mol. The number of methoxy groups -OCH3 is 1. The van der Waals surface area contributed by atoms with Gasteiger partial charge in [0.1, 0.15) is 6.29 Å². The van der Waals surface area contributed by atoms with Gasteiger partial charge < -0.3 is 14.8 Å². The molecule has 5 nitrogen and oxygen atoms in total. The number of nitrogens with one attached hydrogen (secondary N) is 1. The standard InChI is InChI=1S/C18H19NO4/c1-13(18(21)19-11-14-6-4-3-5-7-14)23-17-10-15(12-20)8-9-16(17)22-2/h3-10,12-13H,11H2,1-2H3,(H,19,21)/t13-/m1/s1. The largest absolute Gasteiger partial charge is 0.493 e. The topological polar surface area (TPSA) is 64.6 Å². The van der Waals surface area contributed by atoms with E-state index in [-0.39, 0.29) is 5.91 Å². The fourth-order valence-corrected chi connectivity index (χ4v) is 2.03. The lowest BCUT2D eigenvalue weighted by Crippen LogP contribution is -2.36. The molecule has 23 heavy (non-hydrogen) atoms. The van der Waals surface area contributed by atoms with Crippen LogP contribution in [0.4, 0.5) is 0 Å². The van der Waals surface area contributed by atoms with Gasteiger partial charge in [-0.1, -0.05) is 30.3 Å². The normalized spacial score (nSPS) is 11.4. The molecule has 0 unspecified atom stereocenters.